The Morgan fingerprint density at radius 2 is 1.94 bits per heavy atom. The Labute approximate surface area is 110 Å². The van der Waals surface area contributed by atoms with Crippen LogP contribution in [0.5, 0.6) is 0 Å². The minimum Gasteiger partial charge on any atom is -0.220 e. The Balaban J connectivity index is 2.24. The second-order valence-corrected chi connectivity index (χ2v) is 4.19. The highest BCUT2D eigenvalue weighted by molar-refractivity contribution is 6.28. The Morgan fingerprint density at radius 3 is 2.61 bits per heavy atom. The van der Waals surface area contributed by atoms with Crippen LogP contribution in [0.1, 0.15) is 19.0 Å². The fraction of sp³-hybridized carbons (Fsp3) is 0.231. The first-order chi connectivity index (χ1) is 8.70. The number of aryl methyl sites for hydroxylation is 1. The van der Waals surface area contributed by atoms with Gasteiger partial charge < -0.3 is 0 Å². The van der Waals surface area contributed by atoms with Crippen molar-refractivity contribution >= 4 is 23.4 Å². The number of nitrogens with zero attached hydrogens (tertiary/aromatic N) is 3. The lowest BCUT2D eigenvalue weighted by molar-refractivity contribution is 0.628. The molecule has 0 bridgehead atoms. The molecule has 0 amide bonds. The van der Waals surface area contributed by atoms with E-state index in [1.165, 1.54) is 16.6 Å². The van der Waals surface area contributed by atoms with Gasteiger partial charge in [0.05, 0.1) is 5.69 Å². The first kappa shape index (κ1) is 12.8. The van der Waals surface area contributed by atoms with Crippen molar-refractivity contribution < 1.29 is 4.39 Å². The van der Waals surface area contributed by atoms with Gasteiger partial charge in [-0.15, -0.1) is 0 Å². The zero-order valence-corrected chi connectivity index (χ0v) is 10.7. The van der Waals surface area contributed by atoms with E-state index in [9.17, 15) is 4.39 Å². The summed E-state index contributed by atoms with van der Waals surface area (Å²) in [5.41, 5.74) is 1.57. The van der Waals surface area contributed by atoms with Crippen molar-refractivity contribution in [3.63, 3.8) is 0 Å². The van der Waals surface area contributed by atoms with E-state index in [0.717, 1.165) is 18.5 Å². The van der Waals surface area contributed by atoms with Crippen LogP contribution < -0.4 is 4.42 Å². The largest absolute Gasteiger partial charge is 0.245 e. The summed E-state index contributed by atoms with van der Waals surface area (Å²) in [4.78, 5) is 8.46. The predicted molar refractivity (Wildman–Crippen MR) is 70.4 cm³/mol. The molecule has 0 spiro atoms. The average Bonchev–Trinajstić information content (AvgIpc) is 2.39. The zero-order valence-electron chi connectivity index (χ0n) is 9.98. The Hall–Kier alpha value is -1.68. The molecule has 0 saturated heterocycles. The van der Waals surface area contributed by atoms with Crippen molar-refractivity contribution in [2.45, 2.75) is 19.8 Å². The number of hydrogen-bond acceptors (Lipinski definition) is 3. The zero-order chi connectivity index (χ0) is 13.0. The molecule has 0 aliphatic carbocycles. The van der Waals surface area contributed by atoms with Gasteiger partial charge in [-0.2, -0.15) is 0 Å². The minimum absolute atomic E-state index is 0.301. The topological polar surface area (TPSA) is 29.0 Å². The molecule has 1 aromatic heterocycles. The second kappa shape index (κ2) is 5.78. The van der Waals surface area contributed by atoms with Crippen molar-refractivity contribution in [3.05, 3.63) is 48.0 Å². The van der Waals surface area contributed by atoms with Crippen LogP contribution in [0.3, 0.4) is 0 Å². The summed E-state index contributed by atoms with van der Waals surface area (Å²) in [6.45, 7) is 2.08. The number of hydrogen-bond donors (Lipinski definition) is 0. The van der Waals surface area contributed by atoms with Crippen LogP contribution in [0.2, 0.25) is 0 Å². The molecule has 0 aliphatic rings. The quantitative estimate of drug-likeness (QED) is 0.786. The lowest BCUT2D eigenvalue weighted by atomic mass is 10.2. The first-order valence-electron chi connectivity index (χ1n) is 5.74. The Morgan fingerprint density at radius 1 is 1.22 bits per heavy atom. The highest BCUT2D eigenvalue weighted by Gasteiger charge is 2.10. The third kappa shape index (κ3) is 2.96. The molecule has 1 aromatic carbocycles. The summed E-state index contributed by atoms with van der Waals surface area (Å²) in [5.74, 6) is 0.0960. The van der Waals surface area contributed by atoms with E-state index in [4.69, 9.17) is 11.8 Å². The molecule has 0 aliphatic heterocycles. The summed E-state index contributed by atoms with van der Waals surface area (Å²) >= 11 is 6.14. The summed E-state index contributed by atoms with van der Waals surface area (Å²) in [6.07, 6.45) is 3.56. The van der Waals surface area contributed by atoms with Gasteiger partial charge in [0.25, 0.3) is 0 Å². The molecule has 1 heterocycles. The van der Waals surface area contributed by atoms with Gasteiger partial charge in [0.2, 0.25) is 5.95 Å². The molecule has 0 atom stereocenters. The van der Waals surface area contributed by atoms with Crippen LogP contribution in [-0.4, -0.2) is 9.97 Å². The third-order valence-electron chi connectivity index (χ3n) is 2.44. The molecule has 2 rings (SSSR count). The van der Waals surface area contributed by atoms with Crippen molar-refractivity contribution in [1.29, 1.82) is 0 Å². The van der Waals surface area contributed by atoms with Gasteiger partial charge in [-0.05, 0) is 36.8 Å². The van der Waals surface area contributed by atoms with Gasteiger partial charge in [-0.25, -0.2) is 18.8 Å². The molecule has 0 saturated carbocycles. The number of benzene rings is 1. The van der Waals surface area contributed by atoms with Crippen LogP contribution >= 0.6 is 11.8 Å². The van der Waals surface area contributed by atoms with Crippen LogP contribution in [0.4, 0.5) is 16.0 Å². The Kier molecular flexibility index (Phi) is 4.10. The maximum atomic E-state index is 12.8. The number of aromatic nitrogens is 2. The van der Waals surface area contributed by atoms with Crippen LogP contribution in [0.15, 0.2) is 36.5 Å². The molecule has 2 aromatic rings. The summed E-state index contributed by atoms with van der Waals surface area (Å²) in [7, 11) is 0. The van der Waals surface area contributed by atoms with E-state index >= 15 is 0 Å². The summed E-state index contributed by atoms with van der Waals surface area (Å²) in [6, 6.07) is 7.72. The van der Waals surface area contributed by atoms with E-state index < -0.39 is 0 Å². The molecule has 0 unspecified atom stereocenters. The van der Waals surface area contributed by atoms with Gasteiger partial charge in [0, 0.05) is 23.7 Å². The molecule has 94 valence electrons. The van der Waals surface area contributed by atoms with Gasteiger partial charge in [-0.3, -0.25) is 0 Å². The highest BCUT2D eigenvalue weighted by Crippen LogP contribution is 2.24. The van der Waals surface area contributed by atoms with Gasteiger partial charge in [-0.1, -0.05) is 13.3 Å². The molecule has 0 fully saturated rings. The van der Waals surface area contributed by atoms with Crippen molar-refractivity contribution in [3.8, 4) is 0 Å². The van der Waals surface area contributed by atoms with Gasteiger partial charge in [0.1, 0.15) is 5.82 Å². The van der Waals surface area contributed by atoms with Gasteiger partial charge in [0.15, 0.2) is 0 Å². The van der Waals surface area contributed by atoms with Crippen LogP contribution in [0, 0.1) is 5.82 Å². The van der Waals surface area contributed by atoms with Gasteiger partial charge >= 0.3 is 0 Å². The fourth-order valence-electron chi connectivity index (χ4n) is 1.56. The third-order valence-corrected chi connectivity index (χ3v) is 2.78. The second-order valence-electron chi connectivity index (χ2n) is 3.86. The smallest absolute Gasteiger partial charge is 0.220 e. The average molecular weight is 266 g/mol. The first-order valence-corrected chi connectivity index (χ1v) is 6.08. The standard InChI is InChI=1S/C13H13ClFN3/c1-2-3-11-8-9-16-13(17-11)18(14)12-6-4-10(15)5-7-12/h4-9H,2-3H2,1H3. The fourth-order valence-corrected chi connectivity index (χ4v) is 1.76. The van der Waals surface area contributed by atoms with Crippen LogP contribution in [-0.2, 0) is 6.42 Å². The number of rotatable bonds is 4. The molecule has 18 heavy (non-hydrogen) atoms. The Bertz CT molecular complexity index is 516. The highest BCUT2D eigenvalue weighted by atomic mass is 35.5. The molecule has 0 N–H and O–H groups in total. The lowest BCUT2D eigenvalue weighted by Crippen LogP contribution is -2.07. The molecule has 0 radical (unpaired) electrons. The van der Waals surface area contributed by atoms with E-state index in [1.807, 2.05) is 6.07 Å². The molecular formula is C13H13ClFN3. The van der Waals surface area contributed by atoms with E-state index in [-0.39, 0.29) is 5.82 Å². The summed E-state index contributed by atoms with van der Waals surface area (Å²) < 4.78 is 14.1. The lowest BCUT2D eigenvalue weighted by Gasteiger charge is -2.14. The maximum Gasteiger partial charge on any atom is 0.245 e. The van der Waals surface area contributed by atoms with Crippen molar-refractivity contribution in [2.75, 3.05) is 4.42 Å². The maximum absolute atomic E-state index is 12.8. The monoisotopic (exact) mass is 265 g/mol. The molecule has 3 nitrogen and oxygen atoms in total. The molecule has 5 heteroatoms. The van der Waals surface area contributed by atoms with E-state index in [2.05, 4.69) is 16.9 Å². The van der Waals surface area contributed by atoms with Crippen molar-refractivity contribution in [2.24, 2.45) is 0 Å². The van der Waals surface area contributed by atoms with E-state index in [0.29, 0.717) is 11.6 Å². The minimum atomic E-state index is -0.301. The van der Waals surface area contributed by atoms with E-state index in [1.54, 1.807) is 18.3 Å². The van der Waals surface area contributed by atoms with Crippen molar-refractivity contribution in [1.82, 2.24) is 9.97 Å². The summed E-state index contributed by atoms with van der Waals surface area (Å²) in [5, 5.41) is 0. The van der Waals surface area contributed by atoms with Crippen LogP contribution in [0.25, 0.3) is 0 Å². The SMILES string of the molecule is CCCc1ccnc(N(Cl)c2ccc(F)cc2)n1. The number of halogens is 2. The normalized spacial score (nSPS) is 10.4. The number of anilines is 2. The predicted octanol–water partition coefficient (Wildman–Crippen LogP) is 3.86. The molecular weight excluding hydrogens is 253 g/mol.